The van der Waals surface area contributed by atoms with Gasteiger partial charge in [0.05, 0.1) is 0 Å². The van der Waals surface area contributed by atoms with E-state index in [4.69, 9.17) is 0 Å². The Bertz CT molecular complexity index is 372. The smallest absolute Gasteiger partial charge is 0.177 e. The summed E-state index contributed by atoms with van der Waals surface area (Å²) >= 11 is 0. The van der Waals surface area contributed by atoms with Gasteiger partial charge in [-0.25, -0.2) is 4.68 Å². The molecule has 0 aliphatic carbocycles. The summed E-state index contributed by atoms with van der Waals surface area (Å²) < 4.78 is 3.54. The first kappa shape index (κ1) is 7.09. The van der Waals surface area contributed by atoms with Crippen LogP contribution in [0.5, 0.6) is 0 Å². The van der Waals surface area contributed by atoms with Crippen molar-refractivity contribution >= 4 is 0 Å². The summed E-state index contributed by atoms with van der Waals surface area (Å²) in [6.07, 6.45) is 5.60. The van der Waals surface area contributed by atoms with Crippen LogP contribution in [-0.4, -0.2) is 19.6 Å². The van der Waals surface area contributed by atoms with Crippen molar-refractivity contribution in [2.75, 3.05) is 0 Å². The van der Waals surface area contributed by atoms with E-state index in [2.05, 4.69) is 10.2 Å². The molecule has 0 radical (unpaired) electrons. The highest BCUT2D eigenvalue weighted by Crippen LogP contribution is 2.08. The highest BCUT2D eigenvalue weighted by Gasteiger charge is 2.04. The summed E-state index contributed by atoms with van der Waals surface area (Å²) in [5.41, 5.74) is 1.13. The zero-order chi connectivity index (χ0) is 8.55. The van der Waals surface area contributed by atoms with Gasteiger partial charge in [0.25, 0.3) is 0 Å². The lowest BCUT2D eigenvalue weighted by molar-refractivity contribution is 0.731. The van der Waals surface area contributed by atoms with E-state index in [1.807, 2.05) is 32.4 Å². The second-order valence-electron chi connectivity index (χ2n) is 2.76. The van der Waals surface area contributed by atoms with Gasteiger partial charge in [-0.05, 0) is 13.0 Å². The van der Waals surface area contributed by atoms with Crippen LogP contribution in [0.25, 0.3) is 5.82 Å². The Balaban J connectivity index is 2.54. The molecule has 2 rings (SSSR count). The van der Waals surface area contributed by atoms with Crippen LogP contribution in [0, 0.1) is 6.92 Å². The van der Waals surface area contributed by atoms with E-state index in [1.54, 1.807) is 15.6 Å². The fraction of sp³-hybridized carbons (Fsp3) is 0.250. The molecule has 2 aromatic heterocycles. The fourth-order valence-corrected chi connectivity index (χ4v) is 1.22. The van der Waals surface area contributed by atoms with Crippen molar-refractivity contribution in [1.29, 1.82) is 0 Å². The van der Waals surface area contributed by atoms with E-state index in [1.165, 1.54) is 0 Å². The SMILES string of the molecule is Cc1cn(C)nc1-n1cccn1. The zero-order valence-electron chi connectivity index (χ0n) is 7.10. The highest BCUT2D eigenvalue weighted by molar-refractivity contribution is 5.29. The van der Waals surface area contributed by atoms with Gasteiger partial charge in [0.1, 0.15) is 0 Å². The van der Waals surface area contributed by atoms with Crippen molar-refractivity contribution in [3.8, 4) is 5.82 Å². The zero-order valence-corrected chi connectivity index (χ0v) is 7.10. The molecule has 0 bridgehead atoms. The second kappa shape index (κ2) is 2.48. The van der Waals surface area contributed by atoms with E-state index in [9.17, 15) is 0 Å². The summed E-state index contributed by atoms with van der Waals surface area (Å²) in [7, 11) is 1.90. The summed E-state index contributed by atoms with van der Waals surface area (Å²) in [4.78, 5) is 0. The fourth-order valence-electron chi connectivity index (χ4n) is 1.22. The molecule has 0 amide bonds. The molecular formula is C8H10N4. The van der Waals surface area contributed by atoms with E-state index < -0.39 is 0 Å². The standard InChI is InChI=1S/C8H10N4/c1-7-6-11(2)10-8(7)12-5-3-4-9-12/h3-6H,1-2H3. The third-order valence-electron chi connectivity index (χ3n) is 1.71. The molecule has 0 fully saturated rings. The van der Waals surface area contributed by atoms with Gasteiger partial charge in [0, 0.05) is 31.2 Å². The largest absolute Gasteiger partial charge is 0.273 e. The van der Waals surface area contributed by atoms with E-state index in [0.717, 1.165) is 11.4 Å². The molecule has 0 unspecified atom stereocenters. The Morgan fingerprint density at radius 3 is 2.75 bits per heavy atom. The van der Waals surface area contributed by atoms with E-state index >= 15 is 0 Å². The van der Waals surface area contributed by atoms with Gasteiger partial charge < -0.3 is 0 Å². The summed E-state index contributed by atoms with van der Waals surface area (Å²) in [6, 6.07) is 1.88. The van der Waals surface area contributed by atoms with Crippen molar-refractivity contribution in [3.63, 3.8) is 0 Å². The number of aryl methyl sites for hydroxylation is 2. The van der Waals surface area contributed by atoms with Crippen LogP contribution in [0.1, 0.15) is 5.56 Å². The molecule has 2 heterocycles. The monoisotopic (exact) mass is 162 g/mol. The first-order chi connectivity index (χ1) is 5.77. The van der Waals surface area contributed by atoms with Crippen LogP contribution >= 0.6 is 0 Å². The Morgan fingerprint density at radius 2 is 2.25 bits per heavy atom. The molecule has 4 nitrogen and oxygen atoms in total. The number of nitrogens with zero attached hydrogens (tertiary/aromatic N) is 4. The topological polar surface area (TPSA) is 35.6 Å². The Labute approximate surface area is 70.4 Å². The minimum Gasteiger partial charge on any atom is -0.273 e. The summed E-state index contributed by atoms with van der Waals surface area (Å²) in [5, 5.41) is 8.37. The summed E-state index contributed by atoms with van der Waals surface area (Å²) in [5.74, 6) is 0.891. The van der Waals surface area contributed by atoms with Crippen LogP contribution in [0.2, 0.25) is 0 Å². The van der Waals surface area contributed by atoms with Gasteiger partial charge in [-0.15, -0.1) is 0 Å². The number of hydrogen-bond donors (Lipinski definition) is 0. The third-order valence-corrected chi connectivity index (χ3v) is 1.71. The number of hydrogen-bond acceptors (Lipinski definition) is 2. The molecule has 0 spiro atoms. The molecule has 0 aliphatic heterocycles. The second-order valence-corrected chi connectivity index (χ2v) is 2.76. The Kier molecular flexibility index (Phi) is 1.46. The predicted octanol–water partition coefficient (Wildman–Crippen LogP) is 0.914. The van der Waals surface area contributed by atoms with Crippen LogP contribution in [0.3, 0.4) is 0 Å². The molecule has 0 N–H and O–H groups in total. The van der Waals surface area contributed by atoms with Crippen LogP contribution < -0.4 is 0 Å². The number of rotatable bonds is 1. The molecule has 4 heteroatoms. The average molecular weight is 162 g/mol. The lowest BCUT2D eigenvalue weighted by Crippen LogP contribution is -1.98. The van der Waals surface area contributed by atoms with Crippen molar-refractivity contribution in [3.05, 3.63) is 30.2 Å². The van der Waals surface area contributed by atoms with Crippen molar-refractivity contribution in [1.82, 2.24) is 19.6 Å². The maximum absolute atomic E-state index is 4.27. The van der Waals surface area contributed by atoms with Crippen molar-refractivity contribution < 1.29 is 0 Å². The molecule has 0 saturated carbocycles. The van der Waals surface area contributed by atoms with Crippen molar-refractivity contribution in [2.45, 2.75) is 6.92 Å². The van der Waals surface area contributed by atoms with Crippen LogP contribution in [-0.2, 0) is 7.05 Å². The molecule has 0 saturated heterocycles. The highest BCUT2D eigenvalue weighted by atomic mass is 15.4. The quantitative estimate of drug-likeness (QED) is 0.625. The van der Waals surface area contributed by atoms with Gasteiger partial charge in [0.15, 0.2) is 5.82 Å². The minimum atomic E-state index is 0.891. The molecular weight excluding hydrogens is 152 g/mol. The lowest BCUT2D eigenvalue weighted by atomic mass is 10.4. The minimum absolute atomic E-state index is 0.891. The van der Waals surface area contributed by atoms with Gasteiger partial charge in [-0.2, -0.15) is 10.2 Å². The van der Waals surface area contributed by atoms with Gasteiger partial charge in [-0.3, -0.25) is 4.68 Å². The molecule has 62 valence electrons. The first-order valence-corrected chi connectivity index (χ1v) is 3.77. The molecule has 2 aromatic rings. The summed E-state index contributed by atoms with van der Waals surface area (Å²) in [6.45, 7) is 2.02. The third kappa shape index (κ3) is 1.01. The van der Waals surface area contributed by atoms with Gasteiger partial charge >= 0.3 is 0 Å². The first-order valence-electron chi connectivity index (χ1n) is 3.77. The van der Waals surface area contributed by atoms with Gasteiger partial charge in [-0.1, -0.05) is 0 Å². The van der Waals surface area contributed by atoms with Crippen LogP contribution in [0.15, 0.2) is 24.7 Å². The molecule has 12 heavy (non-hydrogen) atoms. The maximum atomic E-state index is 4.27. The van der Waals surface area contributed by atoms with Crippen LogP contribution in [0.4, 0.5) is 0 Å². The maximum Gasteiger partial charge on any atom is 0.177 e. The van der Waals surface area contributed by atoms with E-state index in [-0.39, 0.29) is 0 Å². The van der Waals surface area contributed by atoms with E-state index in [0.29, 0.717) is 0 Å². The van der Waals surface area contributed by atoms with Gasteiger partial charge in [0.2, 0.25) is 0 Å². The Hall–Kier alpha value is -1.58. The van der Waals surface area contributed by atoms with Crippen molar-refractivity contribution in [2.24, 2.45) is 7.05 Å². The molecule has 0 atom stereocenters. The normalized spacial score (nSPS) is 10.5. The average Bonchev–Trinajstić information content (AvgIpc) is 2.58. The predicted molar refractivity (Wildman–Crippen MR) is 45.1 cm³/mol. The molecule has 0 aromatic carbocycles. The number of aromatic nitrogens is 4. The molecule has 0 aliphatic rings. The lowest BCUT2D eigenvalue weighted by Gasteiger charge is -1.94. The Morgan fingerprint density at radius 1 is 1.42 bits per heavy atom.